The number of furan rings is 1. The molecule has 0 bridgehead atoms. The Hall–Kier alpha value is -1.06. The maximum absolute atomic E-state index is 5.48. The summed E-state index contributed by atoms with van der Waals surface area (Å²) in [6.45, 7) is 4.39. The molecule has 0 spiro atoms. The van der Waals surface area contributed by atoms with Crippen molar-refractivity contribution >= 4 is 15.9 Å². The van der Waals surface area contributed by atoms with Crippen molar-refractivity contribution in [1.82, 2.24) is 5.32 Å². The van der Waals surface area contributed by atoms with Crippen molar-refractivity contribution in [3.63, 3.8) is 0 Å². The lowest BCUT2D eigenvalue weighted by Crippen LogP contribution is -2.31. The lowest BCUT2D eigenvalue weighted by Gasteiger charge is -2.20. The largest absolute Gasteiger partial charge is 0.468 e. The van der Waals surface area contributed by atoms with Gasteiger partial charge in [0.2, 0.25) is 0 Å². The quantitative estimate of drug-likeness (QED) is 0.833. The molecule has 3 heteroatoms. The smallest absolute Gasteiger partial charge is 0.120 e. The van der Waals surface area contributed by atoms with Crippen LogP contribution in [0.25, 0.3) is 0 Å². The summed E-state index contributed by atoms with van der Waals surface area (Å²) in [6.07, 6.45) is 3.78. The molecule has 1 aromatic heterocycles. The van der Waals surface area contributed by atoms with Gasteiger partial charge in [-0.15, -0.1) is 0 Å². The van der Waals surface area contributed by atoms with Crippen molar-refractivity contribution in [2.24, 2.45) is 0 Å². The van der Waals surface area contributed by atoms with Crippen LogP contribution in [0, 0.1) is 0 Å². The lowest BCUT2D eigenvalue weighted by atomic mass is 10.1. The highest BCUT2D eigenvalue weighted by Crippen LogP contribution is 2.19. The summed E-state index contributed by atoms with van der Waals surface area (Å²) < 4.78 is 6.61. The Morgan fingerprint density at radius 1 is 1.21 bits per heavy atom. The van der Waals surface area contributed by atoms with Gasteiger partial charge in [-0.25, -0.2) is 0 Å². The summed E-state index contributed by atoms with van der Waals surface area (Å²) in [5.74, 6) is 1.02. The minimum absolute atomic E-state index is 0.292. The molecule has 0 aliphatic carbocycles. The molecular formula is C16H20BrNO. The van der Waals surface area contributed by atoms with Crippen LogP contribution in [0.4, 0.5) is 0 Å². The van der Waals surface area contributed by atoms with E-state index in [1.54, 1.807) is 6.26 Å². The van der Waals surface area contributed by atoms with Gasteiger partial charge in [0.25, 0.3) is 0 Å². The minimum atomic E-state index is 0.292. The van der Waals surface area contributed by atoms with Crippen molar-refractivity contribution < 1.29 is 4.42 Å². The molecule has 19 heavy (non-hydrogen) atoms. The van der Waals surface area contributed by atoms with Gasteiger partial charge in [0, 0.05) is 10.5 Å². The standard InChI is InChI=1S/C16H20BrNO/c1-3-15(16-5-4-10-19-16)18-12(2)11-13-6-8-14(17)9-7-13/h4-10,12,15,18H,3,11H2,1-2H3. The third-order valence-electron chi connectivity index (χ3n) is 3.24. The summed E-state index contributed by atoms with van der Waals surface area (Å²) in [7, 11) is 0. The number of nitrogens with one attached hydrogen (secondary N) is 1. The number of benzene rings is 1. The van der Waals surface area contributed by atoms with Gasteiger partial charge >= 0.3 is 0 Å². The van der Waals surface area contributed by atoms with Crippen molar-refractivity contribution in [3.05, 3.63) is 58.5 Å². The minimum Gasteiger partial charge on any atom is -0.468 e. The number of hydrogen-bond donors (Lipinski definition) is 1. The third-order valence-corrected chi connectivity index (χ3v) is 3.76. The predicted octanol–water partition coefficient (Wildman–Crippen LogP) is 4.71. The van der Waals surface area contributed by atoms with Gasteiger partial charge in [0.15, 0.2) is 0 Å². The zero-order chi connectivity index (χ0) is 13.7. The van der Waals surface area contributed by atoms with Gasteiger partial charge in [0.1, 0.15) is 5.76 Å². The van der Waals surface area contributed by atoms with Gasteiger partial charge in [-0.1, -0.05) is 35.0 Å². The first-order valence-electron chi connectivity index (χ1n) is 6.73. The molecule has 2 atom stereocenters. The average Bonchev–Trinajstić information content (AvgIpc) is 2.92. The van der Waals surface area contributed by atoms with Crippen LogP contribution in [0.3, 0.4) is 0 Å². The Balaban J connectivity index is 1.93. The van der Waals surface area contributed by atoms with E-state index in [0.717, 1.165) is 23.1 Å². The van der Waals surface area contributed by atoms with E-state index in [9.17, 15) is 0 Å². The molecule has 102 valence electrons. The van der Waals surface area contributed by atoms with E-state index < -0.39 is 0 Å². The Morgan fingerprint density at radius 3 is 2.53 bits per heavy atom. The van der Waals surface area contributed by atoms with Gasteiger partial charge < -0.3 is 9.73 Å². The maximum atomic E-state index is 5.48. The van der Waals surface area contributed by atoms with Crippen LogP contribution < -0.4 is 5.32 Å². The number of rotatable bonds is 6. The summed E-state index contributed by atoms with van der Waals surface area (Å²) >= 11 is 3.46. The highest BCUT2D eigenvalue weighted by Gasteiger charge is 2.14. The fraction of sp³-hybridized carbons (Fsp3) is 0.375. The zero-order valence-electron chi connectivity index (χ0n) is 11.4. The molecule has 2 aromatic rings. The summed E-state index contributed by atoms with van der Waals surface area (Å²) in [6, 6.07) is 13.2. The van der Waals surface area contributed by atoms with Crippen molar-refractivity contribution in [3.8, 4) is 0 Å². The number of hydrogen-bond acceptors (Lipinski definition) is 2. The molecule has 2 unspecified atom stereocenters. The fourth-order valence-electron chi connectivity index (χ4n) is 2.27. The average molecular weight is 322 g/mol. The summed E-state index contributed by atoms with van der Waals surface area (Å²) in [5, 5.41) is 3.63. The fourth-order valence-corrected chi connectivity index (χ4v) is 2.53. The lowest BCUT2D eigenvalue weighted by molar-refractivity contribution is 0.371. The highest BCUT2D eigenvalue weighted by atomic mass is 79.9. The Kier molecular flexibility index (Phi) is 5.23. The zero-order valence-corrected chi connectivity index (χ0v) is 13.0. The second-order valence-electron chi connectivity index (χ2n) is 4.87. The second-order valence-corrected chi connectivity index (χ2v) is 5.79. The highest BCUT2D eigenvalue weighted by molar-refractivity contribution is 9.10. The van der Waals surface area contributed by atoms with Gasteiger partial charge in [-0.2, -0.15) is 0 Å². The Morgan fingerprint density at radius 2 is 1.95 bits per heavy atom. The molecule has 0 radical (unpaired) electrons. The molecule has 1 heterocycles. The van der Waals surface area contributed by atoms with Gasteiger partial charge in [-0.05, 0) is 49.6 Å². The summed E-state index contributed by atoms with van der Waals surface area (Å²) in [4.78, 5) is 0. The first-order chi connectivity index (χ1) is 9.19. The molecular weight excluding hydrogens is 302 g/mol. The molecule has 2 rings (SSSR count). The molecule has 2 nitrogen and oxygen atoms in total. The van der Waals surface area contributed by atoms with Crippen molar-refractivity contribution in [2.45, 2.75) is 38.8 Å². The third kappa shape index (κ3) is 4.22. The van der Waals surface area contributed by atoms with Gasteiger partial charge in [-0.3, -0.25) is 0 Å². The molecule has 0 aliphatic rings. The van der Waals surface area contributed by atoms with Gasteiger partial charge in [0.05, 0.1) is 12.3 Å². The maximum Gasteiger partial charge on any atom is 0.120 e. The van der Waals surface area contributed by atoms with E-state index >= 15 is 0 Å². The van der Waals surface area contributed by atoms with Crippen LogP contribution in [0.15, 0.2) is 51.6 Å². The number of halogens is 1. The van der Waals surface area contributed by atoms with Crippen LogP contribution in [0.5, 0.6) is 0 Å². The predicted molar refractivity (Wildman–Crippen MR) is 82.2 cm³/mol. The molecule has 0 aliphatic heterocycles. The van der Waals surface area contributed by atoms with Crippen LogP contribution in [-0.2, 0) is 6.42 Å². The monoisotopic (exact) mass is 321 g/mol. The molecule has 1 N–H and O–H groups in total. The van der Waals surface area contributed by atoms with E-state index in [1.807, 2.05) is 12.1 Å². The Labute approximate surface area is 123 Å². The van der Waals surface area contributed by atoms with Crippen LogP contribution in [-0.4, -0.2) is 6.04 Å². The molecule has 0 amide bonds. The molecule has 0 fully saturated rings. The van der Waals surface area contributed by atoms with E-state index in [1.165, 1.54) is 5.56 Å². The summed E-state index contributed by atoms with van der Waals surface area (Å²) in [5.41, 5.74) is 1.34. The van der Waals surface area contributed by atoms with Crippen LogP contribution in [0.1, 0.15) is 37.6 Å². The van der Waals surface area contributed by atoms with E-state index in [2.05, 4.69) is 59.4 Å². The SMILES string of the molecule is CCC(NC(C)Cc1ccc(Br)cc1)c1ccco1. The van der Waals surface area contributed by atoms with Crippen molar-refractivity contribution in [2.75, 3.05) is 0 Å². The van der Waals surface area contributed by atoms with E-state index in [-0.39, 0.29) is 0 Å². The molecule has 1 aromatic carbocycles. The topological polar surface area (TPSA) is 25.2 Å². The molecule has 0 saturated carbocycles. The Bertz CT molecular complexity index is 478. The van der Waals surface area contributed by atoms with Crippen LogP contribution >= 0.6 is 15.9 Å². The first kappa shape index (κ1) is 14.4. The first-order valence-corrected chi connectivity index (χ1v) is 7.52. The van der Waals surface area contributed by atoms with Crippen molar-refractivity contribution in [1.29, 1.82) is 0 Å². The normalized spacial score (nSPS) is 14.3. The van der Waals surface area contributed by atoms with E-state index in [4.69, 9.17) is 4.42 Å². The molecule has 0 saturated heterocycles. The van der Waals surface area contributed by atoms with Crippen LogP contribution in [0.2, 0.25) is 0 Å². The van der Waals surface area contributed by atoms with E-state index in [0.29, 0.717) is 12.1 Å². The second kappa shape index (κ2) is 6.92.